The highest BCUT2D eigenvalue weighted by atomic mass is 16.5. The van der Waals surface area contributed by atoms with Crippen LogP contribution in [0.15, 0.2) is 16.5 Å². The van der Waals surface area contributed by atoms with Crippen LogP contribution < -0.4 is 21.3 Å². The number of anilines is 2. The standard InChI is InChI=1S/C10H14N6O2/c1-6-3-4-7(18-6)5-12-8-13-9(16-11)15-10(14-8)17-2/h3-4H,5,11H2,1-2H3,(H2,12,13,14,15,16). The molecule has 8 heteroatoms. The number of furan rings is 1. The van der Waals surface area contributed by atoms with Crippen molar-refractivity contribution >= 4 is 11.9 Å². The van der Waals surface area contributed by atoms with Gasteiger partial charge in [0.2, 0.25) is 11.9 Å². The van der Waals surface area contributed by atoms with Gasteiger partial charge in [0.15, 0.2) is 0 Å². The van der Waals surface area contributed by atoms with Crippen molar-refractivity contribution in [2.45, 2.75) is 13.5 Å². The Morgan fingerprint density at radius 2 is 2.06 bits per heavy atom. The predicted octanol–water partition coefficient (Wildman–Crippen LogP) is 0.679. The molecule has 0 aliphatic rings. The number of nitrogen functional groups attached to an aromatic ring is 1. The second-order valence-electron chi connectivity index (χ2n) is 3.48. The molecule has 0 amide bonds. The van der Waals surface area contributed by atoms with Crippen LogP contribution in [0.2, 0.25) is 0 Å². The fourth-order valence-corrected chi connectivity index (χ4v) is 1.34. The van der Waals surface area contributed by atoms with Gasteiger partial charge < -0.3 is 14.5 Å². The summed E-state index contributed by atoms with van der Waals surface area (Å²) in [6.07, 6.45) is 0. The number of hydrogen-bond donors (Lipinski definition) is 3. The van der Waals surface area contributed by atoms with Gasteiger partial charge in [-0.15, -0.1) is 0 Å². The summed E-state index contributed by atoms with van der Waals surface area (Å²) in [5.41, 5.74) is 2.34. The van der Waals surface area contributed by atoms with Gasteiger partial charge >= 0.3 is 6.01 Å². The molecule has 0 spiro atoms. The maximum Gasteiger partial charge on any atom is 0.322 e. The van der Waals surface area contributed by atoms with Gasteiger partial charge in [0.05, 0.1) is 13.7 Å². The van der Waals surface area contributed by atoms with Crippen LogP contribution in [0, 0.1) is 6.92 Å². The van der Waals surface area contributed by atoms with Crippen molar-refractivity contribution < 1.29 is 9.15 Å². The zero-order chi connectivity index (χ0) is 13.0. The molecule has 0 aliphatic heterocycles. The number of methoxy groups -OCH3 is 1. The Morgan fingerprint density at radius 3 is 2.67 bits per heavy atom. The van der Waals surface area contributed by atoms with Crippen molar-refractivity contribution in [2.24, 2.45) is 5.84 Å². The summed E-state index contributed by atoms with van der Waals surface area (Å²) >= 11 is 0. The van der Waals surface area contributed by atoms with Crippen molar-refractivity contribution in [1.82, 2.24) is 15.0 Å². The third kappa shape index (κ3) is 2.86. The van der Waals surface area contributed by atoms with E-state index in [9.17, 15) is 0 Å². The average molecular weight is 250 g/mol. The number of nitrogens with one attached hydrogen (secondary N) is 2. The molecule has 0 unspecified atom stereocenters. The van der Waals surface area contributed by atoms with Crippen LogP contribution >= 0.6 is 0 Å². The average Bonchev–Trinajstić information content (AvgIpc) is 2.81. The van der Waals surface area contributed by atoms with Gasteiger partial charge in [0.1, 0.15) is 11.5 Å². The highest BCUT2D eigenvalue weighted by Gasteiger charge is 2.06. The number of nitrogens with zero attached hydrogens (tertiary/aromatic N) is 3. The molecule has 0 aliphatic carbocycles. The molecule has 2 heterocycles. The molecule has 18 heavy (non-hydrogen) atoms. The number of rotatable bonds is 5. The fraction of sp³-hybridized carbons (Fsp3) is 0.300. The Labute approximate surface area is 104 Å². The highest BCUT2D eigenvalue weighted by molar-refractivity contribution is 5.35. The van der Waals surface area contributed by atoms with E-state index in [0.717, 1.165) is 11.5 Å². The minimum absolute atomic E-state index is 0.177. The molecule has 0 saturated heterocycles. The quantitative estimate of drug-likeness (QED) is 0.524. The van der Waals surface area contributed by atoms with Crippen LogP contribution in [0.1, 0.15) is 11.5 Å². The number of hydrazine groups is 1. The SMILES string of the molecule is COc1nc(NN)nc(NCc2ccc(C)o2)n1. The van der Waals surface area contributed by atoms with E-state index in [1.165, 1.54) is 7.11 Å². The first kappa shape index (κ1) is 12.1. The molecule has 2 rings (SSSR count). The first-order valence-corrected chi connectivity index (χ1v) is 5.27. The molecule has 0 fully saturated rings. The lowest BCUT2D eigenvalue weighted by Crippen LogP contribution is -2.14. The zero-order valence-electron chi connectivity index (χ0n) is 10.1. The van der Waals surface area contributed by atoms with Gasteiger partial charge in [-0.2, -0.15) is 15.0 Å². The molecule has 96 valence electrons. The highest BCUT2D eigenvalue weighted by Crippen LogP contribution is 2.12. The van der Waals surface area contributed by atoms with Crippen LogP contribution in [-0.4, -0.2) is 22.1 Å². The lowest BCUT2D eigenvalue weighted by molar-refractivity contribution is 0.379. The molecular weight excluding hydrogens is 236 g/mol. The van der Waals surface area contributed by atoms with Crippen LogP contribution in [0.25, 0.3) is 0 Å². The number of ether oxygens (including phenoxy) is 1. The van der Waals surface area contributed by atoms with Gasteiger partial charge in [-0.1, -0.05) is 0 Å². The van der Waals surface area contributed by atoms with E-state index in [1.807, 2.05) is 19.1 Å². The number of aryl methyl sites for hydroxylation is 1. The summed E-state index contributed by atoms with van der Waals surface area (Å²) in [4.78, 5) is 11.9. The largest absolute Gasteiger partial charge is 0.467 e. The Bertz CT molecular complexity index is 505. The topological polar surface area (TPSA) is 111 Å². The minimum Gasteiger partial charge on any atom is -0.467 e. The number of aromatic nitrogens is 3. The summed E-state index contributed by atoms with van der Waals surface area (Å²) in [5, 5.41) is 2.99. The molecule has 2 aromatic rings. The molecular formula is C10H14N6O2. The third-order valence-electron chi connectivity index (χ3n) is 2.14. The molecule has 8 nitrogen and oxygen atoms in total. The summed E-state index contributed by atoms with van der Waals surface area (Å²) in [6, 6.07) is 3.94. The maximum absolute atomic E-state index is 5.41. The summed E-state index contributed by atoms with van der Waals surface area (Å²) in [7, 11) is 1.47. The predicted molar refractivity (Wildman–Crippen MR) is 65.0 cm³/mol. The third-order valence-corrected chi connectivity index (χ3v) is 2.14. The molecule has 0 atom stereocenters. The normalized spacial score (nSPS) is 10.2. The smallest absolute Gasteiger partial charge is 0.322 e. The van der Waals surface area contributed by atoms with Gasteiger partial charge in [-0.3, -0.25) is 5.43 Å². The lowest BCUT2D eigenvalue weighted by atomic mass is 10.4. The maximum atomic E-state index is 5.41. The van der Waals surface area contributed by atoms with Crippen LogP contribution in [0.5, 0.6) is 6.01 Å². The van der Waals surface area contributed by atoms with Gasteiger partial charge in [0.25, 0.3) is 0 Å². The molecule has 0 radical (unpaired) electrons. The molecule has 2 aromatic heterocycles. The molecule has 0 saturated carbocycles. The van der Waals surface area contributed by atoms with E-state index in [0.29, 0.717) is 12.5 Å². The number of hydrogen-bond acceptors (Lipinski definition) is 8. The fourth-order valence-electron chi connectivity index (χ4n) is 1.34. The van der Waals surface area contributed by atoms with Gasteiger partial charge in [0, 0.05) is 0 Å². The Kier molecular flexibility index (Phi) is 3.58. The second-order valence-corrected chi connectivity index (χ2v) is 3.48. The second kappa shape index (κ2) is 5.32. The van der Waals surface area contributed by atoms with Crippen LogP contribution in [-0.2, 0) is 6.54 Å². The van der Waals surface area contributed by atoms with Crippen LogP contribution in [0.3, 0.4) is 0 Å². The summed E-state index contributed by atoms with van der Waals surface area (Å²) in [5.74, 6) is 7.46. The van der Waals surface area contributed by atoms with Gasteiger partial charge in [-0.05, 0) is 19.1 Å². The number of nitrogens with two attached hydrogens (primary N) is 1. The Hall–Kier alpha value is -2.35. The Balaban J connectivity index is 2.08. The first-order valence-electron chi connectivity index (χ1n) is 5.27. The monoisotopic (exact) mass is 250 g/mol. The lowest BCUT2D eigenvalue weighted by Gasteiger charge is -2.06. The van der Waals surface area contributed by atoms with Crippen molar-refractivity contribution in [3.05, 3.63) is 23.7 Å². The summed E-state index contributed by atoms with van der Waals surface area (Å²) < 4.78 is 10.3. The molecule has 0 bridgehead atoms. The van der Waals surface area contributed by atoms with Crippen molar-refractivity contribution in [2.75, 3.05) is 17.9 Å². The first-order chi connectivity index (χ1) is 8.71. The van der Waals surface area contributed by atoms with Crippen molar-refractivity contribution in [3.63, 3.8) is 0 Å². The summed E-state index contributed by atoms with van der Waals surface area (Å²) in [6.45, 7) is 2.34. The van der Waals surface area contributed by atoms with Crippen molar-refractivity contribution in [1.29, 1.82) is 0 Å². The van der Waals surface area contributed by atoms with E-state index >= 15 is 0 Å². The Morgan fingerprint density at radius 1 is 1.28 bits per heavy atom. The van der Waals surface area contributed by atoms with E-state index in [-0.39, 0.29) is 12.0 Å². The molecule has 4 N–H and O–H groups in total. The van der Waals surface area contributed by atoms with Gasteiger partial charge in [-0.25, -0.2) is 5.84 Å². The van der Waals surface area contributed by atoms with E-state index in [4.69, 9.17) is 15.0 Å². The van der Waals surface area contributed by atoms with E-state index < -0.39 is 0 Å². The van der Waals surface area contributed by atoms with E-state index in [2.05, 4.69) is 25.7 Å². The minimum atomic E-state index is 0.177. The van der Waals surface area contributed by atoms with E-state index in [1.54, 1.807) is 0 Å². The zero-order valence-corrected chi connectivity index (χ0v) is 10.1. The molecule has 0 aromatic carbocycles. The van der Waals surface area contributed by atoms with Crippen LogP contribution in [0.4, 0.5) is 11.9 Å². The van der Waals surface area contributed by atoms with Crippen molar-refractivity contribution in [3.8, 4) is 6.01 Å².